The highest BCUT2D eigenvalue weighted by Gasteiger charge is 2.38. The summed E-state index contributed by atoms with van der Waals surface area (Å²) in [5, 5.41) is 23.5. The van der Waals surface area contributed by atoms with E-state index in [1.807, 2.05) is 27.7 Å². The zero-order chi connectivity index (χ0) is 27.8. The van der Waals surface area contributed by atoms with E-state index in [0.717, 1.165) is 5.57 Å². The third kappa shape index (κ3) is 8.13. The van der Waals surface area contributed by atoms with Crippen LogP contribution in [0, 0.1) is 11.8 Å². The fraction of sp³-hybridized carbons (Fsp3) is 0.571. The van der Waals surface area contributed by atoms with E-state index in [1.165, 1.54) is 17.2 Å². The SMILES string of the molecule is CC1=C[C@@H](O)C[C@@H](O)Cc2nc(co2)C(=O)N2CCC[C@@H]2C(=O)O[C@H](C(C)C)[C@H](C)/C=C/C(=O)NCC=C1. The molecule has 2 aliphatic rings. The van der Waals surface area contributed by atoms with Gasteiger partial charge in [-0.15, -0.1) is 0 Å². The van der Waals surface area contributed by atoms with Crippen molar-refractivity contribution in [3.63, 3.8) is 0 Å². The molecule has 5 atom stereocenters. The number of cyclic esters (lactones) is 1. The molecular formula is C28H39N3O7. The average Bonchev–Trinajstić information content (AvgIpc) is 3.52. The van der Waals surface area contributed by atoms with Crippen LogP contribution in [0.4, 0.5) is 0 Å². The first-order chi connectivity index (χ1) is 18.0. The Labute approximate surface area is 223 Å². The Kier molecular flexibility index (Phi) is 10.4. The number of rotatable bonds is 1. The molecule has 3 N–H and O–H groups in total. The van der Waals surface area contributed by atoms with Gasteiger partial charge in [-0.3, -0.25) is 9.59 Å². The van der Waals surface area contributed by atoms with Crippen LogP contribution in [0.15, 0.2) is 46.6 Å². The van der Waals surface area contributed by atoms with Crippen molar-refractivity contribution in [2.75, 3.05) is 13.1 Å². The number of hydrogen-bond donors (Lipinski definition) is 3. The second kappa shape index (κ2) is 13.5. The molecule has 0 radical (unpaired) electrons. The fourth-order valence-electron chi connectivity index (χ4n) is 4.77. The summed E-state index contributed by atoms with van der Waals surface area (Å²) in [6, 6.07) is -0.743. The van der Waals surface area contributed by atoms with Crippen LogP contribution in [0.3, 0.4) is 0 Å². The molecule has 0 aromatic carbocycles. The topological polar surface area (TPSA) is 142 Å². The van der Waals surface area contributed by atoms with Gasteiger partial charge in [0.2, 0.25) is 5.91 Å². The predicted octanol–water partition coefficient (Wildman–Crippen LogP) is 2.33. The van der Waals surface area contributed by atoms with Crippen molar-refractivity contribution in [2.45, 2.75) is 77.7 Å². The van der Waals surface area contributed by atoms with E-state index in [4.69, 9.17) is 9.15 Å². The van der Waals surface area contributed by atoms with Gasteiger partial charge >= 0.3 is 5.97 Å². The number of carbonyl (C=O) groups excluding carboxylic acids is 3. The zero-order valence-corrected chi connectivity index (χ0v) is 22.5. The van der Waals surface area contributed by atoms with Crippen LogP contribution in [0.25, 0.3) is 0 Å². The number of fused-ring (bicyclic) bond motifs is 3. The molecule has 10 nitrogen and oxygen atoms in total. The zero-order valence-electron chi connectivity index (χ0n) is 22.5. The second-order valence-corrected chi connectivity index (χ2v) is 10.4. The molecule has 0 unspecified atom stereocenters. The molecule has 10 heteroatoms. The molecule has 1 fully saturated rings. The van der Waals surface area contributed by atoms with Gasteiger partial charge in [0.05, 0.1) is 18.6 Å². The molecule has 2 aliphatic heterocycles. The Morgan fingerprint density at radius 2 is 1.95 bits per heavy atom. The number of hydrogen-bond acceptors (Lipinski definition) is 8. The molecule has 0 spiro atoms. The molecule has 1 aromatic rings. The van der Waals surface area contributed by atoms with E-state index >= 15 is 0 Å². The lowest BCUT2D eigenvalue weighted by atomic mass is 9.94. The number of ether oxygens (including phenoxy) is 1. The highest BCUT2D eigenvalue weighted by atomic mass is 16.5. The van der Waals surface area contributed by atoms with Crippen molar-refractivity contribution in [2.24, 2.45) is 11.8 Å². The van der Waals surface area contributed by atoms with E-state index in [1.54, 1.807) is 24.3 Å². The van der Waals surface area contributed by atoms with Crippen molar-refractivity contribution in [3.8, 4) is 0 Å². The van der Waals surface area contributed by atoms with Crippen LogP contribution < -0.4 is 5.32 Å². The molecule has 1 saturated heterocycles. The average molecular weight is 530 g/mol. The van der Waals surface area contributed by atoms with Crippen molar-refractivity contribution in [3.05, 3.63) is 53.8 Å². The monoisotopic (exact) mass is 529 g/mol. The minimum absolute atomic E-state index is 0.0146. The maximum Gasteiger partial charge on any atom is 0.329 e. The predicted molar refractivity (Wildman–Crippen MR) is 140 cm³/mol. The van der Waals surface area contributed by atoms with Crippen molar-refractivity contribution >= 4 is 17.8 Å². The molecule has 2 bridgehead atoms. The summed E-state index contributed by atoms with van der Waals surface area (Å²) < 4.78 is 11.3. The van der Waals surface area contributed by atoms with Crippen LogP contribution in [0.1, 0.15) is 63.3 Å². The number of nitrogens with zero attached hydrogens (tertiary/aromatic N) is 2. The first-order valence-electron chi connectivity index (χ1n) is 13.2. The lowest BCUT2D eigenvalue weighted by Gasteiger charge is -2.29. The number of amides is 2. The van der Waals surface area contributed by atoms with E-state index in [-0.39, 0.29) is 42.2 Å². The molecule has 0 aliphatic carbocycles. The first-order valence-corrected chi connectivity index (χ1v) is 13.2. The van der Waals surface area contributed by atoms with Gasteiger partial charge in [0.25, 0.3) is 5.91 Å². The van der Waals surface area contributed by atoms with Crippen molar-refractivity contribution in [1.29, 1.82) is 0 Å². The van der Waals surface area contributed by atoms with Crippen molar-refractivity contribution < 1.29 is 33.8 Å². The smallest absolute Gasteiger partial charge is 0.329 e. The van der Waals surface area contributed by atoms with Crippen LogP contribution in [0.5, 0.6) is 0 Å². The van der Waals surface area contributed by atoms with Gasteiger partial charge in [-0.1, -0.05) is 50.6 Å². The number of allylic oxidation sites excluding steroid dienone is 2. The van der Waals surface area contributed by atoms with Crippen LogP contribution >= 0.6 is 0 Å². The maximum atomic E-state index is 13.2. The van der Waals surface area contributed by atoms with Crippen molar-refractivity contribution in [1.82, 2.24) is 15.2 Å². The summed E-state index contributed by atoms with van der Waals surface area (Å²) in [6.45, 7) is 8.25. The standard InChI is InChI=1S/C28H39N3O7/c1-17(2)26-19(4)9-10-24(34)29-11-5-7-18(3)13-20(32)14-21(33)15-25-30-22(16-37-25)27(35)31-12-6-8-23(31)28(36)38-26/h5,7,9-10,13,16-17,19-21,23,26,32-33H,6,8,11-12,14-15H2,1-4H3,(H,29,34)/b7-5?,10-9+,18-13?/t19-,20-,21-,23-,26-/m1/s1. The minimum atomic E-state index is -0.947. The van der Waals surface area contributed by atoms with E-state index in [9.17, 15) is 24.6 Å². The Bertz CT molecular complexity index is 1070. The molecule has 1 aromatic heterocycles. The second-order valence-electron chi connectivity index (χ2n) is 10.4. The van der Waals surface area contributed by atoms with Gasteiger partial charge in [-0.25, -0.2) is 9.78 Å². The highest BCUT2D eigenvalue weighted by Crippen LogP contribution is 2.25. The number of carbonyl (C=O) groups is 3. The van der Waals surface area contributed by atoms with E-state index in [0.29, 0.717) is 25.9 Å². The number of aliphatic hydroxyl groups is 2. The lowest BCUT2D eigenvalue weighted by molar-refractivity contribution is -0.158. The number of aliphatic hydroxyl groups excluding tert-OH is 2. The van der Waals surface area contributed by atoms with E-state index < -0.39 is 36.2 Å². The van der Waals surface area contributed by atoms with Gasteiger partial charge in [0, 0.05) is 25.4 Å². The molecular weight excluding hydrogens is 490 g/mol. The molecule has 38 heavy (non-hydrogen) atoms. The highest BCUT2D eigenvalue weighted by molar-refractivity contribution is 5.95. The van der Waals surface area contributed by atoms with Gasteiger partial charge < -0.3 is 29.6 Å². The Balaban J connectivity index is 1.85. The lowest BCUT2D eigenvalue weighted by Crippen LogP contribution is -2.44. The summed E-state index contributed by atoms with van der Waals surface area (Å²) in [5.41, 5.74) is 0.821. The largest absolute Gasteiger partial charge is 0.460 e. The summed E-state index contributed by atoms with van der Waals surface area (Å²) in [7, 11) is 0. The molecule has 3 heterocycles. The number of esters is 1. The summed E-state index contributed by atoms with van der Waals surface area (Å²) in [5.74, 6) is -1.29. The van der Waals surface area contributed by atoms with Crippen LogP contribution in [0.2, 0.25) is 0 Å². The third-order valence-corrected chi connectivity index (χ3v) is 6.69. The summed E-state index contributed by atoms with van der Waals surface area (Å²) >= 11 is 0. The molecule has 0 saturated carbocycles. The van der Waals surface area contributed by atoms with Gasteiger partial charge in [-0.2, -0.15) is 0 Å². The number of aromatic nitrogens is 1. The quantitative estimate of drug-likeness (QED) is 0.471. The number of nitrogens with one attached hydrogen (secondary N) is 1. The number of oxazole rings is 1. The summed E-state index contributed by atoms with van der Waals surface area (Å²) in [4.78, 5) is 44.3. The van der Waals surface area contributed by atoms with Gasteiger partial charge in [-0.05, 0) is 31.8 Å². The van der Waals surface area contributed by atoms with Gasteiger partial charge in [0.15, 0.2) is 11.6 Å². The third-order valence-electron chi connectivity index (χ3n) is 6.69. The Morgan fingerprint density at radius 3 is 2.68 bits per heavy atom. The fourth-order valence-corrected chi connectivity index (χ4v) is 4.77. The molecule has 208 valence electrons. The molecule has 2 amide bonds. The Hall–Kier alpha value is -3.24. The molecule has 3 rings (SSSR count). The Morgan fingerprint density at radius 1 is 1.18 bits per heavy atom. The first kappa shape index (κ1) is 29.3. The minimum Gasteiger partial charge on any atom is -0.460 e. The van der Waals surface area contributed by atoms with Crippen LogP contribution in [-0.4, -0.2) is 75.3 Å². The van der Waals surface area contributed by atoms with E-state index in [2.05, 4.69) is 10.3 Å². The summed E-state index contributed by atoms with van der Waals surface area (Å²) in [6.07, 6.45) is 8.37. The van der Waals surface area contributed by atoms with Crippen LogP contribution in [-0.2, 0) is 20.7 Å². The maximum absolute atomic E-state index is 13.2. The van der Waals surface area contributed by atoms with Gasteiger partial charge in [0.1, 0.15) is 18.4 Å². The normalized spacial score (nSPS) is 29.4.